The Morgan fingerprint density at radius 2 is 2.15 bits per heavy atom. The number of benzene rings is 1. The molecule has 20 heavy (non-hydrogen) atoms. The maximum atomic E-state index is 12.1. The molecule has 0 aliphatic carbocycles. The molecule has 1 aliphatic heterocycles. The van der Waals surface area contributed by atoms with Gasteiger partial charge in [-0.1, -0.05) is 41.6 Å². The number of thioether (sulfide) groups is 1. The lowest BCUT2D eigenvalue weighted by molar-refractivity contribution is -0.115. The third kappa shape index (κ3) is 4.36. The number of carbonyl (C=O) groups is 1. The lowest BCUT2D eigenvalue weighted by Crippen LogP contribution is -2.29. The first-order valence-corrected chi connectivity index (χ1v) is 8.25. The van der Waals surface area contributed by atoms with E-state index < -0.39 is 0 Å². The summed E-state index contributed by atoms with van der Waals surface area (Å²) in [7, 11) is 0. The number of nitrogens with one attached hydrogen (secondary N) is 1. The number of halogens is 1. The van der Waals surface area contributed by atoms with Crippen LogP contribution in [0.25, 0.3) is 0 Å². The van der Waals surface area contributed by atoms with E-state index >= 15 is 0 Å². The van der Waals surface area contributed by atoms with Crippen LogP contribution in [0.1, 0.15) is 19.8 Å². The summed E-state index contributed by atoms with van der Waals surface area (Å²) in [6.07, 6.45) is 2.37. The highest BCUT2D eigenvalue weighted by molar-refractivity contribution is 8.23. The van der Waals surface area contributed by atoms with E-state index in [4.69, 9.17) is 23.8 Å². The minimum atomic E-state index is -0.220. The van der Waals surface area contributed by atoms with Crippen molar-refractivity contribution in [3.05, 3.63) is 29.3 Å². The van der Waals surface area contributed by atoms with Crippen molar-refractivity contribution in [3.63, 3.8) is 0 Å². The van der Waals surface area contributed by atoms with Gasteiger partial charge >= 0.3 is 0 Å². The number of amides is 1. The highest BCUT2D eigenvalue weighted by Gasteiger charge is 2.21. The van der Waals surface area contributed by atoms with Crippen LogP contribution in [0.2, 0.25) is 5.02 Å². The molecule has 1 aromatic carbocycles. The summed E-state index contributed by atoms with van der Waals surface area (Å²) in [5, 5.41) is 3.24. The third-order valence-corrected chi connectivity index (χ3v) is 4.91. The topological polar surface area (TPSA) is 32.3 Å². The van der Waals surface area contributed by atoms with Gasteiger partial charge in [-0.15, -0.1) is 0 Å². The number of hydrogen-bond acceptors (Lipinski definition) is 3. The van der Waals surface area contributed by atoms with Gasteiger partial charge in [0.1, 0.15) is 4.32 Å². The molecule has 1 heterocycles. The lowest BCUT2D eigenvalue weighted by atomic mass is 10.3. The predicted octanol–water partition coefficient (Wildman–Crippen LogP) is 3.78. The minimum absolute atomic E-state index is 0.0567. The fourth-order valence-electron chi connectivity index (χ4n) is 1.99. The Balaban J connectivity index is 1.86. The first kappa shape index (κ1) is 15.6. The standard InChI is InChI=1S/C14H17ClN2OS2/c1-10(20-14(19)17-7-2-3-8-17)13(18)16-12-6-4-5-11(15)9-12/h4-6,9-10H,2-3,7-8H2,1H3,(H,16,18)/t10-/m1/s1. The van der Waals surface area contributed by atoms with E-state index in [2.05, 4.69) is 10.2 Å². The van der Waals surface area contributed by atoms with E-state index in [-0.39, 0.29) is 11.2 Å². The monoisotopic (exact) mass is 328 g/mol. The maximum Gasteiger partial charge on any atom is 0.237 e. The molecule has 0 saturated carbocycles. The quantitative estimate of drug-likeness (QED) is 0.856. The molecule has 1 fully saturated rings. The maximum absolute atomic E-state index is 12.1. The van der Waals surface area contributed by atoms with Gasteiger partial charge < -0.3 is 10.2 Å². The Kier molecular flexibility index (Phi) is 5.69. The number of nitrogens with zero attached hydrogens (tertiary/aromatic N) is 1. The molecular formula is C14H17ClN2OS2. The number of thiocarbonyl (C=S) groups is 1. The van der Waals surface area contributed by atoms with Gasteiger partial charge in [0.05, 0.1) is 5.25 Å². The van der Waals surface area contributed by atoms with Gasteiger partial charge in [0.25, 0.3) is 0 Å². The third-order valence-electron chi connectivity index (χ3n) is 3.10. The molecule has 0 spiro atoms. The highest BCUT2D eigenvalue weighted by Crippen LogP contribution is 2.22. The lowest BCUT2D eigenvalue weighted by Gasteiger charge is -2.20. The summed E-state index contributed by atoms with van der Waals surface area (Å²) in [6, 6.07) is 7.14. The molecule has 0 bridgehead atoms. The fraction of sp³-hybridized carbons (Fsp3) is 0.429. The van der Waals surface area contributed by atoms with Gasteiger partial charge in [-0.05, 0) is 38.0 Å². The Morgan fingerprint density at radius 1 is 1.45 bits per heavy atom. The van der Waals surface area contributed by atoms with Crippen LogP contribution in [0.3, 0.4) is 0 Å². The molecule has 1 N–H and O–H groups in total. The van der Waals surface area contributed by atoms with Crippen molar-refractivity contribution in [2.75, 3.05) is 18.4 Å². The van der Waals surface area contributed by atoms with Crippen LogP contribution < -0.4 is 5.32 Å². The molecule has 1 atom stereocenters. The Bertz CT molecular complexity index is 504. The zero-order chi connectivity index (χ0) is 14.5. The number of rotatable bonds is 3. The number of hydrogen-bond donors (Lipinski definition) is 1. The van der Waals surface area contributed by atoms with E-state index in [0.717, 1.165) is 17.4 Å². The zero-order valence-electron chi connectivity index (χ0n) is 11.3. The summed E-state index contributed by atoms with van der Waals surface area (Å²) in [4.78, 5) is 14.3. The van der Waals surface area contributed by atoms with Gasteiger partial charge in [-0.2, -0.15) is 0 Å². The van der Waals surface area contributed by atoms with E-state index in [1.54, 1.807) is 12.1 Å². The number of carbonyl (C=O) groups excluding carboxylic acids is 1. The summed E-state index contributed by atoms with van der Waals surface area (Å²) < 4.78 is 0.816. The smallest absolute Gasteiger partial charge is 0.237 e. The van der Waals surface area contributed by atoms with Crippen LogP contribution in [-0.2, 0) is 4.79 Å². The van der Waals surface area contributed by atoms with Crippen LogP contribution in [0.4, 0.5) is 5.69 Å². The Hall–Kier alpha value is -0.780. The Morgan fingerprint density at radius 3 is 2.80 bits per heavy atom. The molecular weight excluding hydrogens is 312 g/mol. The highest BCUT2D eigenvalue weighted by atomic mass is 35.5. The second kappa shape index (κ2) is 7.29. The van der Waals surface area contributed by atoms with E-state index in [0.29, 0.717) is 10.7 Å². The predicted molar refractivity (Wildman–Crippen MR) is 90.5 cm³/mol. The van der Waals surface area contributed by atoms with Gasteiger partial charge in [0, 0.05) is 23.8 Å². The molecule has 2 rings (SSSR count). The van der Waals surface area contributed by atoms with Crippen molar-refractivity contribution < 1.29 is 4.79 Å². The fourth-order valence-corrected chi connectivity index (χ4v) is 3.60. The molecule has 0 unspecified atom stereocenters. The van der Waals surface area contributed by atoms with Crippen molar-refractivity contribution in [2.24, 2.45) is 0 Å². The SMILES string of the molecule is C[C@@H](SC(=S)N1CCCC1)C(=O)Nc1cccc(Cl)c1. The van der Waals surface area contributed by atoms with Crippen molar-refractivity contribution >= 4 is 51.5 Å². The summed E-state index contributed by atoms with van der Waals surface area (Å²) in [5.41, 5.74) is 0.710. The second-order valence-electron chi connectivity index (χ2n) is 4.72. The van der Waals surface area contributed by atoms with Crippen LogP contribution in [-0.4, -0.2) is 33.5 Å². The van der Waals surface area contributed by atoms with E-state index in [1.807, 2.05) is 19.1 Å². The largest absolute Gasteiger partial charge is 0.358 e. The summed E-state index contributed by atoms with van der Waals surface area (Å²) in [6.45, 7) is 3.88. The first-order chi connectivity index (χ1) is 9.56. The van der Waals surface area contributed by atoms with Gasteiger partial charge in [-0.25, -0.2) is 0 Å². The molecule has 1 aromatic rings. The van der Waals surface area contributed by atoms with Crippen LogP contribution in [0.15, 0.2) is 24.3 Å². The van der Waals surface area contributed by atoms with Crippen LogP contribution in [0, 0.1) is 0 Å². The molecule has 108 valence electrons. The average molecular weight is 329 g/mol. The number of likely N-dealkylation sites (tertiary alicyclic amines) is 1. The van der Waals surface area contributed by atoms with E-state index in [1.165, 1.54) is 24.6 Å². The first-order valence-electron chi connectivity index (χ1n) is 6.58. The molecule has 0 aromatic heterocycles. The van der Waals surface area contributed by atoms with Crippen LogP contribution >= 0.6 is 35.6 Å². The van der Waals surface area contributed by atoms with Crippen molar-refractivity contribution in [1.29, 1.82) is 0 Å². The molecule has 1 aliphatic rings. The van der Waals surface area contributed by atoms with Crippen molar-refractivity contribution in [2.45, 2.75) is 25.0 Å². The zero-order valence-corrected chi connectivity index (χ0v) is 13.7. The van der Waals surface area contributed by atoms with Crippen molar-refractivity contribution in [3.8, 4) is 0 Å². The molecule has 3 nitrogen and oxygen atoms in total. The Labute approximate surface area is 134 Å². The summed E-state index contributed by atoms with van der Waals surface area (Å²) >= 11 is 12.7. The molecule has 0 radical (unpaired) electrons. The normalized spacial score (nSPS) is 16.0. The molecule has 6 heteroatoms. The molecule has 1 amide bonds. The van der Waals surface area contributed by atoms with Crippen molar-refractivity contribution in [1.82, 2.24) is 4.90 Å². The van der Waals surface area contributed by atoms with E-state index in [9.17, 15) is 4.79 Å². The minimum Gasteiger partial charge on any atom is -0.358 e. The van der Waals surface area contributed by atoms with Gasteiger partial charge in [0.15, 0.2) is 0 Å². The van der Waals surface area contributed by atoms with Gasteiger partial charge in [-0.3, -0.25) is 4.79 Å². The number of anilines is 1. The molecule has 1 saturated heterocycles. The second-order valence-corrected chi connectivity index (χ2v) is 7.13. The summed E-state index contributed by atoms with van der Waals surface area (Å²) in [5.74, 6) is -0.0567. The van der Waals surface area contributed by atoms with Gasteiger partial charge in [0.2, 0.25) is 5.91 Å². The average Bonchev–Trinajstić information content (AvgIpc) is 2.92. The van der Waals surface area contributed by atoms with Crippen LogP contribution in [0.5, 0.6) is 0 Å².